The molecule has 1 aliphatic rings. The molecular weight excluding hydrogens is 401 g/mol. The van der Waals surface area contributed by atoms with Crippen molar-refractivity contribution in [3.05, 3.63) is 68.8 Å². The number of aromatic nitrogens is 3. The third kappa shape index (κ3) is 2.21. The van der Waals surface area contributed by atoms with Gasteiger partial charge in [0.2, 0.25) is 0 Å². The SMILES string of the molecule is O=C1/C(=C\c2ccc(-n3ccc4cncnc43)[se]2)C(=O)c2sccc21. The molecule has 0 amide bonds. The van der Waals surface area contributed by atoms with Crippen LogP contribution >= 0.6 is 11.3 Å². The molecule has 0 spiro atoms. The van der Waals surface area contributed by atoms with Gasteiger partial charge in [-0.2, -0.15) is 0 Å². The summed E-state index contributed by atoms with van der Waals surface area (Å²) in [5, 5.41) is 2.77. The van der Waals surface area contributed by atoms with Gasteiger partial charge in [0.05, 0.1) is 0 Å². The first-order valence-corrected chi connectivity index (χ1v) is 10.1. The van der Waals surface area contributed by atoms with Crippen LogP contribution in [0.2, 0.25) is 0 Å². The van der Waals surface area contributed by atoms with Crippen molar-refractivity contribution in [2.75, 3.05) is 0 Å². The Balaban J connectivity index is 1.55. The summed E-state index contributed by atoms with van der Waals surface area (Å²) in [6.07, 6.45) is 7.04. The van der Waals surface area contributed by atoms with Crippen LogP contribution in [-0.2, 0) is 0 Å². The molecular formula is C18H9N3O2SSe. The molecule has 0 fully saturated rings. The van der Waals surface area contributed by atoms with E-state index in [1.807, 2.05) is 29.0 Å². The minimum atomic E-state index is -0.162. The average molecular weight is 410 g/mol. The first kappa shape index (κ1) is 14.7. The van der Waals surface area contributed by atoms with Crippen LogP contribution in [0, 0.1) is 0 Å². The normalized spacial score (nSPS) is 15.4. The molecule has 0 aromatic carbocycles. The summed E-state index contributed by atoms with van der Waals surface area (Å²) in [5.74, 6) is -0.315. The number of carbonyl (C=O) groups excluding carboxylic acids is 2. The second-order valence-electron chi connectivity index (χ2n) is 5.54. The molecule has 0 radical (unpaired) electrons. The van der Waals surface area contributed by atoms with E-state index in [0.717, 1.165) is 20.0 Å². The minimum absolute atomic E-state index is 0.000472. The molecule has 1 aliphatic carbocycles. The van der Waals surface area contributed by atoms with Gasteiger partial charge in [-0.05, 0) is 0 Å². The van der Waals surface area contributed by atoms with Crippen molar-refractivity contribution < 1.29 is 9.59 Å². The summed E-state index contributed by atoms with van der Waals surface area (Å²) in [5.41, 5.74) is 1.68. The van der Waals surface area contributed by atoms with Gasteiger partial charge >= 0.3 is 152 Å². The van der Waals surface area contributed by atoms with Crippen molar-refractivity contribution >= 4 is 54.5 Å². The van der Waals surface area contributed by atoms with Gasteiger partial charge in [-0.15, -0.1) is 0 Å². The number of hydrogen-bond donors (Lipinski definition) is 0. The third-order valence-corrected chi connectivity index (χ3v) is 7.17. The molecule has 5 rings (SSSR count). The number of nitrogens with zero attached hydrogens (tertiary/aromatic N) is 3. The molecule has 0 saturated carbocycles. The predicted molar refractivity (Wildman–Crippen MR) is 96.8 cm³/mol. The van der Waals surface area contributed by atoms with Crippen LogP contribution in [0.5, 0.6) is 0 Å². The molecule has 0 bridgehead atoms. The number of allylic oxidation sites excluding steroid dienone is 1. The standard InChI is InChI=1S/C18H9N3O2SSe/c22-15-12-4-6-24-17(12)16(23)13(15)7-11-1-2-14(25-11)21-5-3-10-8-19-9-20-18(10)21/h1-9H/b13-7+. The van der Waals surface area contributed by atoms with Gasteiger partial charge in [-0.25, -0.2) is 0 Å². The number of Topliss-reactive ketones (excluding diaryl/α,β-unsaturated/α-hetero) is 2. The van der Waals surface area contributed by atoms with E-state index >= 15 is 0 Å². The van der Waals surface area contributed by atoms with E-state index in [-0.39, 0.29) is 31.6 Å². The Morgan fingerprint density at radius 2 is 2.04 bits per heavy atom. The van der Waals surface area contributed by atoms with Crippen molar-refractivity contribution in [3.63, 3.8) is 0 Å². The van der Waals surface area contributed by atoms with Gasteiger partial charge in [0, 0.05) is 0 Å². The fourth-order valence-electron chi connectivity index (χ4n) is 2.91. The summed E-state index contributed by atoms with van der Waals surface area (Å²) < 4.78 is 4.15. The van der Waals surface area contributed by atoms with Crippen LogP contribution in [0.3, 0.4) is 0 Å². The van der Waals surface area contributed by atoms with E-state index in [4.69, 9.17) is 0 Å². The number of ketones is 2. The Morgan fingerprint density at radius 3 is 2.92 bits per heavy atom. The molecule has 0 aliphatic heterocycles. The molecule has 4 aromatic rings. The number of rotatable bonds is 2. The van der Waals surface area contributed by atoms with E-state index in [2.05, 4.69) is 9.97 Å². The Bertz CT molecular complexity index is 1170. The molecule has 5 nitrogen and oxygen atoms in total. The second-order valence-corrected chi connectivity index (χ2v) is 8.75. The molecule has 0 saturated heterocycles. The van der Waals surface area contributed by atoms with E-state index in [0.29, 0.717) is 10.4 Å². The van der Waals surface area contributed by atoms with Crippen molar-refractivity contribution in [3.8, 4) is 4.56 Å². The van der Waals surface area contributed by atoms with E-state index in [1.165, 1.54) is 17.7 Å². The quantitative estimate of drug-likeness (QED) is 0.290. The molecule has 0 atom stereocenters. The van der Waals surface area contributed by atoms with Crippen LogP contribution in [0.25, 0.3) is 21.7 Å². The number of hydrogen-bond acceptors (Lipinski definition) is 5. The van der Waals surface area contributed by atoms with E-state index < -0.39 is 0 Å². The van der Waals surface area contributed by atoms with Crippen LogP contribution in [-0.4, -0.2) is 40.6 Å². The maximum atomic E-state index is 12.4. The van der Waals surface area contributed by atoms with Gasteiger partial charge in [0.15, 0.2) is 0 Å². The monoisotopic (exact) mass is 411 g/mol. The second kappa shape index (κ2) is 5.46. The number of thiophene rings is 1. The summed E-state index contributed by atoms with van der Waals surface area (Å²) in [7, 11) is 0. The average Bonchev–Trinajstić information content (AvgIpc) is 3.38. The van der Waals surface area contributed by atoms with Crippen molar-refractivity contribution in [1.29, 1.82) is 0 Å². The molecule has 0 N–H and O–H groups in total. The van der Waals surface area contributed by atoms with Gasteiger partial charge in [-0.3, -0.25) is 0 Å². The summed E-state index contributed by atoms with van der Waals surface area (Å²) in [6, 6.07) is 7.70. The van der Waals surface area contributed by atoms with Gasteiger partial charge in [0.1, 0.15) is 0 Å². The summed E-state index contributed by atoms with van der Waals surface area (Å²) >= 11 is 1.33. The Kier molecular flexibility index (Phi) is 3.21. The Morgan fingerprint density at radius 1 is 1.12 bits per heavy atom. The summed E-state index contributed by atoms with van der Waals surface area (Å²) in [4.78, 5) is 33.7. The van der Waals surface area contributed by atoms with Crippen LogP contribution in [0.15, 0.2) is 53.9 Å². The first-order chi connectivity index (χ1) is 12.2. The predicted octanol–water partition coefficient (Wildman–Crippen LogP) is 3.00. The molecule has 0 unspecified atom stereocenters. The Labute approximate surface area is 152 Å². The topological polar surface area (TPSA) is 64.8 Å². The molecule has 120 valence electrons. The first-order valence-electron chi connectivity index (χ1n) is 7.48. The maximum absolute atomic E-state index is 12.4. The molecule has 7 heteroatoms. The fraction of sp³-hybridized carbons (Fsp3) is 0. The van der Waals surface area contributed by atoms with Crippen molar-refractivity contribution in [1.82, 2.24) is 14.5 Å². The summed E-state index contributed by atoms with van der Waals surface area (Å²) in [6.45, 7) is 0. The van der Waals surface area contributed by atoms with Gasteiger partial charge in [0.25, 0.3) is 0 Å². The number of carbonyl (C=O) groups is 2. The van der Waals surface area contributed by atoms with Crippen LogP contribution in [0.1, 0.15) is 24.5 Å². The van der Waals surface area contributed by atoms with Gasteiger partial charge in [-0.1, -0.05) is 0 Å². The van der Waals surface area contributed by atoms with E-state index in [9.17, 15) is 9.59 Å². The van der Waals surface area contributed by atoms with Crippen LogP contribution in [0.4, 0.5) is 0 Å². The zero-order valence-electron chi connectivity index (χ0n) is 12.7. The molecule has 25 heavy (non-hydrogen) atoms. The molecule has 4 heterocycles. The molecule has 4 aromatic heterocycles. The van der Waals surface area contributed by atoms with E-state index in [1.54, 1.807) is 23.7 Å². The number of fused-ring (bicyclic) bond motifs is 2. The van der Waals surface area contributed by atoms with Crippen molar-refractivity contribution in [2.45, 2.75) is 0 Å². The van der Waals surface area contributed by atoms with Gasteiger partial charge < -0.3 is 0 Å². The zero-order valence-corrected chi connectivity index (χ0v) is 15.2. The third-order valence-electron chi connectivity index (χ3n) is 4.09. The zero-order chi connectivity index (χ0) is 17.0. The fourth-order valence-corrected chi connectivity index (χ4v) is 5.72. The van der Waals surface area contributed by atoms with Crippen molar-refractivity contribution in [2.24, 2.45) is 0 Å². The van der Waals surface area contributed by atoms with Crippen LogP contribution < -0.4 is 0 Å². The Hall–Kier alpha value is -2.60.